The molecule has 0 bridgehead atoms. The molecule has 1 aromatic carbocycles. The van der Waals surface area contributed by atoms with E-state index >= 15 is 0 Å². The van der Waals surface area contributed by atoms with E-state index in [0.717, 1.165) is 17.1 Å². The summed E-state index contributed by atoms with van der Waals surface area (Å²) in [6.07, 6.45) is 3.09. The standard InChI is InChI=1S/C13H19ClN2O3S/c1-16(9-13(17)6-2-3-7-13)20(18,19)12-8-10(15)4-5-11(12)14/h4-5,8,17H,2-3,6-7,9,15H2,1H3. The lowest BCUT2D eigenvalue weighted by Gasteiger charge is -2.28. The van der Waals surface area contributed by atoms with Crippen molar-refractivity contribution >= 4 is 27.3 Å². The molecule has 0 spiro atoms. The summed E-state index contributed by atoms with van der Waals surface area (Å²) in [5.74, 6) is 0. The Bertz CT molecular complexity index is 598. The minimum atomic E-state index is -3.76. The predicted octanol–water partition coefficient (Wildman–Crippen LogP) is 1.85. The van der Waals surface area contributed by atoms with Gasteiger partial charge >= 0.3 is 0 Å². The second-order valence-electron chi connectivity index (χ2n) is 5.38. The van der Waals surface area contributed by atoms with Crippen LogP contribution in [-0.2, 0) is 10.0 Å². The normalized spacial score (nSPS) is 18.6. The van der Waals surface area contributed by atoms with Gasteiger partial charge in [0.05, 0.1) is 10.6 Å². The molecule has 1 saturated carbocycles. The molecule has 5 nitrogen and oxygen atoms in total. The van der Waals surface area contributed by atoms with Crippen LogP contribution in [0.1, 0.15) is 25.7 Å². The highest BCUT2D eigenvalue weighted by Crippen LogP contribution is 2.32. The van der Waals surface area contributed by atoms with Crippen molar-refractivity contribution in [1.82, 2.24) is 4.31 Å². The largest absolute Gasteiger partial charge is 0.399 e. The third kappa shape index (κ3) is 3.09. The van der Waals surface area contributed by atoms with Crippen molar-refractivity contribution in [3.63, 3.8) is 0 Å². The van der Waals surface area contributed by atoms with Crippen LogP contribution >= 0.6 is 11.6 Å². The number of halogens is 1. The van der Waals surface area contributed by atoms with Crippen LogP contribution in [0.5, 0.6) is 0 Å². The quantitative estimate of drug-likeness (QED) is 0.830. The number of hydrogen-bond acceptors (Lipinski definition) is 4. The van der Waals surface area contributed by atoms with Gasteiger partial charge in [-0.3, -0.25) is 0 Å². The Hall–Kier alpha value is -0.820. The van der Waals surface area contributed by atoms with Crippen molar-refractivity contribution in [3.05, 3.63) is 23.2 Å². The van der Waals surface area contributed by atoms with Crippen LogP contribution in [0.25, 0.3) is 0 Å². The number of hydrogen-bond donors (Lipinski definition) is 2. The van der Waals surface area contributed by atoms with Gasteiger partial charge in [0.2, 0.25) is 10.0 Å². The average Bonchev–Trinajstić information content (AvgIpc) is 2.78. The van der Waals surface area contributed by atoms with Crippen LogP contribution in [0.2, 0.25) is 5.02 Å². The van der Waals surface area contributed by atoms with E-state index in [9.17, 15) is 13.5 Å². The van der Waals surface area contributed by atoms with Gasteiger partial charge in [-0.1, -0.05) is 24.4 Å². The van der Waals surface area contributed by atoms with Crippen molar-refractivity contribution in [3.8, 4) is 0 Å². The van der Waals surface area contributed by atoms with E-state index in [-0.39, 0.29) is 16.5 Å². The van der Waals surface area contributed by atoms with Crippen molar-refractivity contribution in [2.75, 3.05) is 19.3 Å². The van der Waals surface area contributed by atoms with Gasteiger partial charge in [0.15, 0.2) is 0 Å². The highest BCUT2D eigenvalue weighted by Gasteiger charge is 2.36. The van der Waals surface area contributed by atoms with E-state index < -0.39 is 15.6 Å². The van der Waals surface area contributed by atoms with Crippen molar-refractivity contribution in [2.45, 2.75) is 36.2 Å². The van der Waals surface area contributed by atoms with Gasteiger partial charge in [-0.25, -0.2) is 8.42 Å². The Kier molecular flexibility index (Phi) is 4.30. The van der Waals surface area contributed by atoms with Gasteiger partial charge in [-0.15, -0.1) is 0 Å². The monoisotopic (exact) mass is 318 g/mol. The van der Waals surface area contributed by atoms with Crippen molar-refractivity contribution in [1.29, 1.82) is 0 Å². The van der Waals surface area contributed by atoms with Crippen LogP contribution in [0.4, 0.5) is 5.69 Å². The number of sulfonamides is 1. The lowest BCUT2D eigenvalue weighted by molar-refractivity contribution is 0.0333. The topological polar surface area (TPSA) is 83.6 Å². The summed E-state index contributed by atoms with van der Waals surface area (Å²) in [6.45, 7) is 0.0699. The van der Waals surface area contributed by atoms with Gasteiger partial charge in [-0.2, -0.15) is 4.31 Å². The number of anilines is 1. The number of nitrogens with two attached hydrogens (primary N) is 1. The first-order valence-electron chi connectivity index (χ1n) is 6.48. The second-order valence-corrected chi connectivity index (χ2v) is 7.80. The van der Waals surface area contributed by atoms with Gasteiger partial charge in [0.1, 0.15) is 4.90 Å². The summed E-state index contributed by atoms with van der Waals surface area (Å²) >= 11 is 5.95. The van der Waals surface area contributed by atoms with E-state index in [1.165, 1.54) is 19.2 Å². The summed E-state index contributed by atoms with van der Waals surface area (Å²) in [6, 6.07) is 4.35. The number of likely N-dealkylation sites (N-methyl/N-ethyl adjacent to an activating group) is 1. The summed E-state index contributed by atoms with van der Waals surface area (Å²) in [4.78, 5) is -0.0248. The molecule has 1 aliphatic rings. The summed E-state index contributed by atoms with van der Waals surface area (Å²) in [5, 5.41) is 10.5. The Labute approximate surface area is 124 Å². The zero-order valence-electron chi connectivity index (χ0n) is 11.3. The Morgan fingerprint density at radius 1 is 1.40 bits per heavy atom. The van der Waals surface area contributed by atoms with Crippen LogP contribution in [0.15, 0.2) is 23.1 Å². The molecule has 0 amide bonds. The van der Waals surface area contributed by atoms with E-state index in [1.54, 1.807) is 6.07 Å². The third-order valence-electron chi connectivity index (χ3n) is 3.69. The highest BCUT2D eigenvalue weighted by molar-refractivity contribution is 7.89. The molecule has 1 aromatic rings. The van der Waals surface area contributed by atoms with E-state index in [1.807, 2.05) is 0 Å². The zero-order valence-corrected chi connectivity index (χ0v) is 12.9. The van der Waals surface area contributed by atoms with E-state index in [2.05, 4.69) is 0 Å². The maximum absolute atomic E-state index is 12.5. The first kappa shape index (κ1) is 15.6. The molecular weight excluding hydrogens is 300 g/mol. The molecule has 0 unspecified atom stereocenters. The number of benzene rings is 1. The fourth-order valence-corrected chi connectivity index (χ4v) is 4.33. The third-order valence-corrected chi connectivity index (χ3v) is 5.98. The molecule has 2 rings (SSSR count). The zero-order chi connectivity index (χ0) is 15.0. The van der Waals surface area contributed by atoms with Gasteiger partial charge < -0.3 is 10.8 Å². The molecule has 0 aromatic heterocycles. The van der Waals surface area contributed by atoms with Crippen LogP contribution in [-0.4, -0.2) is 37.0 Å². The summed E-state index contributed by atoms with van der Waals surface area (Å²) in [5.41, 5.74) is 5.02. The Morgan fingerprint density at radius 2 is 2.00 bits per heavy atom. The van der Waals surface area contributed by atoms with E-state index in [4.69, 9.17) is 17.3 Å². The van der Waals surface area contributed by atoms with Crippen molar-refractivity contribution in [2.24, 2.45) is 0 Å². The van der Waals surface area contributed by atoms with Gasteiger partial charge in [0, 0.05) is 19.3 Å². The fraction of sp³-hybridized carbons (Fsp3) is 0.538. The molecule has 0 radical (unpaired) electrons. The first-order valence-corrected chi connectivity index (χ1v) is 8.30. The number of aliphatic hydroxyl groups is 1. The van der Waals surface area contributed by atoms with Crippen molar-refractivity contribution < 1.29 is 13.5 Å². The van der Waals surface area contributed by atoms with Crippen LogP contribution < -0.4 is 5.73 Å². The lowest BCUT2D eigenvalue weighted by Crippen LogP contribution is -2.42. The van der Waals surface area contributed by atoms with Gasteiger partial charge in [-0.05, 0) is 31.0 Å². The maximum atomic E-state index is 12.5. The molecule has 1 aliphatic carbocycles. The maximum Gasteiger partial charge on any atom is 0.244 e. The SMILES string of the molecule is CN(CC1(O)CCCC1)S(=O)(=O)c1cc(N)ccc1Cl. The lowest BCUT2D eigenvalue weighted by atomic mass is 10.0. The fourth-order valence-electron chi connectivity index (χ4n) is 2.58. The molecule has 0 aliphatic heterocycles. The molecule has 3 N–H and O–H groups in total. The smallest absolute Gasteiger partial charge is 0.244 e. The van der Waals surface area contributed by atoms with E-state index in [0.29, 0.717) is 18.5 Å². The van der Waals surface area contributed by atoms with Crippen LogP contribution in [0, 0.1) is 0 Å². The van der Waals surface area contributed by atoms with Gasteiger partial charge in [0.25, 0.3) is 0 Å². The molecule has 0 atom stereocenters. The second kappa shape index (κ2) is 5.52. The average molecular weight is 319 g/mol. The number of rotatable bonds is 4. The first-order chi connectivity index (χ1) is 9.24. The number of nitrogens with zero attached hydrogens (tertiary/aromatic N) is 1. The molecule has 112 valence electrons. The molecule has 0 saturated heterocycles. The minimum absolute atomic E-state index is 0.0248. The predicted molar refractivity (Wildman–Crippen MR) is 79.1 cm³/mol. The molecular formula is C13H19ClN2O3S. The summed E-state index contributed by atoms with van der Waals surface area (Å²) in [7, 11) is -2.31. The van der Waals surface area contributed by atoms with Crippen LogP contribution in [0.3, 0.4) is 0 Å². The molecule has 0 heterocycles. The highest BCUT2D eigenvalue weighted by atomic mass is 35.5. The molecule has 7 heteroatoms. The Morgan fingerprint density at radius 3 is 2.60 bits per heavy atom. The summed E-state index contributed by atoms with van der Waals surface area (Å²) < 4.78 is 26.2. The minimum Gasteiger partial charge on any atom is -0.399 e. The molecule has 1 fully saturated rings. The number of nitrogen functional groups attached to an aromatic ring is 1. The molecule has 20 heavy (non-hydrogen) atoms. The Balaban J connectivity index is 2.27.